The second-order valence-electron chi connectivity index (χ2n) is 12.5. The highest BCUT2D eigenvalue weighted by Crippen LogP contribution is 2.59. The molecule has 3 fully saturated rings. The molecule has 0 N–H and O–H groups in total. The number of nitriles is 1. The third kappa shape index (κ3) is 4.70. The Bertz CT molecular complexity index is 1590. The van der Waals surface area contributed by atoms with Gasteiger partial charge in [0.05, 0.1) is 24.0 Å². The minimum atomic E-state index is -0.239. The quantitative estimate of drug-likeness (QED) is 0.380. The molecular formula is C34H38N6O2. The summed E-state index contributed by atoms with van der Waals surface area (Å²) in [5.74, 6) is 0.660. The summed E-state index contributed by atoms with van der Waals surface area (Å²) in [4.78, 5) is 28.7. The second-order valence-corrected chi connectivity index (χ2v) is 12.5. The van der Waals surface area contributed by atoms with Gasteiger partial charge in [0.1, 0.15) is 12.4 Å². The molecule has 0 unspecified atom stereocenters. The van der Waals surface area contributed by atoms with Gasteiger partial charge in [-0.3, -0.25) is 4.79 Å². The van der Waals surface area contributed by atoms with Crippen LogP contribution in [0.1, 0.15) is 49.7 Å². The Kier molecular flexibility index (Phi) is 6.86. The van der Waals surface area contributed by atoms with E-state index in [0.717, 1.165) is 29.7 Å². The SMILES string of the molecule is C=CC(=O)N1CCN(c2nc(OC[C@@H]3CCCN3C)nc3cc(-c4cccc5c4C4(CC5)CC4)ccc23)C[C@@H]1CC#N. The molecule has 8 nitrogen and oxygen atoms in total. The Morgan fingerprint density at radius 1 is 1.17 bits per heavy atom. The predicted octanol–water partition coefficient (Wildman–Crippen LogP) is 4.86. The van der Waals surface area contributed by atoms with Crippen LogP contribution in [0, 0.1) is 11.3 Å². The molecule has 2 saturated heterocycles. The van der Waals surface area contributed by atoms with Crippen molar-refractivity contribution in [1.82, 2.24) is 19.8 Å². The lowest BCUT2D eigenvalue weighted by atomic mass is 9.89. The maximum absolute atomic E-state index is 12.5. The summed E-state index contributed by atoms with van der Waals surface area (Å²) < 4.78 is 6.29. The van der Waals surface area contributed by atoms with E-state index in [1.807, 2.05) is 0 Å². The van der Waals surface area contributed by atoms with E-state index >= 15 is 0 Å². The summed E-state index contributed by atoms with van der Waals surface area (Å²) in [5, 5.41) is 10.5. The van der Waals surface area contributed by atoms with Crippen LogP contribution in [0.3, 0.4) is 0 Å². The van der Waals surface area contributed by atoms with Crippen molar-refractivity contribution in [2.75, 3.05) is 44.7 Å². The molecule has 2 atom stereocenters. The molecule has 1 saturated carbocycles. The molecule has 42 heavy (non-hydrogen) atoms. The van der Waals surface area contributed by atoms with Crippen molar-refractivity contribution < 1.29 is 9.53 Å². The van der Waals surface area contributed by atoms with E-state index in [9.17, 15) is 10.1 Å². The van der Waals surface area contributed by atoms with Crippen LogP contribution in [0.2, 0.25) is 0 Å². The number of likely N-dealkylation sites (tertiary alicyclic amines) is 1. The number of benzene rings is 2. The maximum Gasteiger partial charge on any atom is 0.319 e. The maximum atomic E-state index is 12.5. The van der Waals surface area contributed by atoms with E-state index in [0.29, 0.717) is 43.7 Å². The molecule has 2 aliphatic carbocycles. The minimum Gasteiger partial charge on any atom is -0.462 e. The third-order valence-electron chi connectivity index (χ3n) is 10.0. The molecule has 0 bridgehead atoms. The average molecular weight is 563 g/mol. The normalized spacial score (nSPS) is 22.8. The van der Waals surface area contributed by atoms with Gasteiger partial charge >= 0.3 is 6.01 Å². The molecule has 3 aromatic rings. The molecule has 8 heteroatoms. The topological polar surface area (TPSA) is 85.6 Å². The van der Waals surface area contributed by atoms with Crippen molar-refractivity contribution in [2.45, 2.75) is 62.4 Å². The molecule has 2 aromatic carbocycles. The summed E-state index contributed by atoms with van der Waals surface area (Å²) in [6.07, 6.45) is 8.87. The summed E-state index contributed by atoms with van der Waals surface area (Å²) in [6.45, 7) is 6.91. The van der Waals surface area contributed by atoms with Gasteiger partial charge in [-0.2, -0.15) is 15.2 Å². The van der Waals surface area contributed by atoms with Gasteiger partial charge in [-0.1, -0.05) is 30.8 Å². The third-order valence-corrected chi connectivity index (χ3v) is 10.0. The molecule has 2 aliphatic heterocycles. The van der Waals surface area contributed by atoms with Gasteiger partial charge in [0.2, 0.25) is 5.91 Å². The van der Waals surface area contributed by atoms with Gasteiger partial charge in [0, 0.05) is 31.1 Å². The number of likely N-dealkylation sites (N-methyl/N-ethyl adjacent to an activating group) is 1. The van der Waals surface area contributed by atoms with Gasteiger partial charge in [-0.05, 0) is 98.0 Å². The lowest BCUT2D eigenvalue weighted by Crippen LogP contribution is -2.55. The van der Waals surface area contributed by atoms with Crippen LogP contribution in [0.5, 0.6) is 6.01 Å². The first-order valence-electron chi connectivity index (χ1n) is 15.3. The highest BCUT2D eigenvalue weighted by Gasteiger charge is 2.49. The van der Waals surface area contributed by atoms with Gasteiger partial charge in [0.25, 0.3) is 0 Å². The number of hydrogen-bond donors (Lipinski definition) is 0. The molecule has 7 rings (SSSR count). The summed E-state index contributed by atoms with van der Waals surface area (Å²) in [7, 11) is 2.14. The smallest absolute Gasteiger partial charge is 0.319 e. The highest BCUT2D eigenvalue weighted by molar-refractivity contribution is 5.94. The van der Waals surface area contributed by atoms with E-state index in [1.54, 1.807) is 10.5 Å². The van der Waals surface area contributed by atoms with Crippen molar-refractivity contribution in [3.05, 3.63) is 60.2 Å². The van der Waals surface area contributed by atoms with Crippen LogP contribution in [0.15, 0.2) is 49.1 Å². The van der Waals surface area contributed by atoms with Gasteiger partial charge < -0.3 is 19.4 Å². The van der Waals surface area contributed by atoms with E-state index in [4.69, 9.17) is 14.7 Å². The molecule has 1 aromatic heterocycles. The first kappa shape index (κ1) is 26.9. The van der Waals surface area contributed by atoms with Crippen molar-refractivity contribution in [3.63, 3.8) is 0 Å². The molecule has 4 aliphatic rings. The second kappa shape index (κ2) is 10.7. The number of aryl methyl sites for hydroxylation is 1. The van der Waals surface area contributed by atoms with Crippen LogP contribution in [-0.4, -0.2) is 77.6 Å². The van der Waals surface area contributed by atoms with Gasteiger partial charge in [0.15, 0.2) is 0 Å². The predicted molar refractivity (Wildman–Crippen MR) is 163 cm³/mol. The number of aromatic nitrogens is 2. The zero-order valence-corrected chi connectivity index (χ0v) is 24.4. The largest absolute Gasteiger partial charge is 0.462 e. The van der Waals surface area contributed by atoms with Crippen molar-refractivity contribution in [1.29, 1.82) is 5.26 Å². The standard InChI is InChI=1S/C34H38N6O2/c1-3-30(41)40-19-18-39(21-25(40)12-16-35)32-28-10-9-24(27-8-4-6-23-11-13-34(14-15-34)31(23)27)20-29(28)36-33(37-32)42-22-26-7-5-17-38(26)2/h3-4,6,8-10,20,25-26H,1,5,7,11-15,17-19,21-22H2,2H3/t25-,26-/m0/s1. The number of anilines is 1. The fourth-order valence-corrected chi connectivity index (χ4v) is 7.49. The van der Waals surface area contributed by atoms with E-state index < -0.39 is 0 Å². The van der Waals surface area contributed by atoms with Crippen LogP contribution in [0.25, 0.3) is 22.0 Å². The zero-order valence-electron chi connectivity index (χ0n) is 24.4. The van der Waals surface area contributed by atoms with Crippen molar-refractivity contribution in [2.24, 2.45) is 0 Å². The molecule has 1 amide bonds. The number of carbonyl (C=O) groups is 1. The van der Waals surface area contributed by atoms with Gasteiger partial charge in [-0.15, -0.1) is 0 Å². The number of carbonyl (C=O) groups excluding carboxylic acids is 1. The van der Waals surface area contributed by atoms with E-state index in [-0.39, 0.29) is 18.4 Å². The molecule has 0 radical (unpaired) electrons. The Labute approximate surface area is 247 Å². The summed E-state index contributed by atoms with van der Waals surface area (Å²) in [5.41, 5.74) is 6.77. The number of rotatable bonds is 7. The number of hydrogen-bond acceptors (Lipinski definition) is 7. The fourth-order valence-electron chi connectivity index (χ4n) is 7.49. The monoisotopic (exact) mass is 562 g/mol. The van der Waals surface area contributed by atoms with Crippen LogP contribution in [0.4, 0.5) is 5.82 Å². The first-order chi connectivity index (χ1) is 20.5. The Hall–Kier alpha value is -3.96. The van der Waals surface area contributed by atoms with Crippen molar-refractivity contribution >= 4 is 22.6 Å². The Balaban J connectivity index is 1.28. The van der Waals surface area contributed by atoms with Crippen LogP contribution < -0.4 is 9.64 Å². The first-order valence-corrected chi connectivity index (χ1v) is 15.3. The lowest BCUT2D eigenvalue weighted by Gasteiger charge is -2.41. The number of fused-ring (bicyclic) bond motifs is 3. The number of piperazine rings is 1. The number of ether oxygens (including phenoxy) is 1. The Morgan fingerprint density at radius 3 is 2.81 bits per heavy atom. The lowest BCUT2D eigenvalue weighted by molar-refractivity contribution is -0.128. The van der Waals surface area contributed by atoms with E-state index in [2.05, 4.69) is 65.9 Å². The van der Waals surface area contributed by atoms with Gasteiger partial charge in [-0.25, -0.2) is 0 Å². The van der Waals surface area contributed by atoms with E-state index in [1.165, 1.54) is 54.9 Å². The zero-order chi connectivity index (χ0) is 28.8. The minimum absolute atomic E-state index is 0.138. The van der Waals surface area contributed by atoms with Crippen LogP contribution in [-0.2, 0) is 16.6 Å². The van der Waals surface area contributed by atoms with Crippen molar-refractivity contribution in [3.8, 4) is 23.2 Å². The number of amides is 1. The fraction of sp³-hybridized carbons (Fsp3) is 0.471. The highest BCUT2D eigenvalue weighted by atomic mass is 16.5. The molecule has 216 valence electrons. The summed E-state index contributed by atoms with van der Waals surface area (Å²) >= 11 is 0. The average Bonchev–Trinajstić information content (AvgIpc) is 3.54. The summed E-state index contributed by atoms with van der Waals surface area (Å²) in [6, 6.07) is 16.1. The van der Waals surface area contributed by atoms with Crippen LogP contribution >= 0.6 is 0 Å². The molecule has 3 heterocycles. The molecular weight excluding hydrogens is 524 g/mol. The molecule has 1 spiro atoms. The Morgan fingerprint density at radius 2 is 2.05 bits per heavy atom. The number of nitrogens with zero attached hydrogens (tertiary/aromatic N) is 6.